The van der Waals surface area contributed by atoms with E-state index in [2.05, 4.69) is 24.4 Å². The highest BCUT2D eigenvalue weighted by Crippen LogP contribution is 2.30. The van der Waals surface area contributed by atoms with Gasteiger partial charge in [0.05, 0.1) is 29.8 Å². The van der Waals surface area contributed by atoms with Gasteiger partial charge in [0.2, 0.25) is 10.0 Å². The summed E-state index contributed by atoms with van der Waals surface area (Å²) in [6, 6.07) is 8.99. The topological polar surface area (TPSA) is 123 Å². The molecule has 2 rings (SSSR count). The summed E-state index contributed by atoms with van der Waals surface area (Å²) in [4.78, 5) is 10.8. The van der Waals surface area contributed by atoms with Crippen LogP contribution in [0.4, 0.5) is 11.4 Å². The van der Waals surface area contributed by atoms with E-state index in [0.717, 1.165) is 12.5 Å². The fourth-order valence-electron chi connectivity index (χ4n) is 3.09. The molecule has 0 fully saturated rings. The van der Waals surface area contributed by atoms with Crippen molar-refractivity contribution < 1.29 is 22.8 Å². The first-order valence-corrected chi connectivity index (χ1v) is 12.5. The van der Waals surface area contributed by atoms with Crippen LogP contribution < -0.4 is 14.9 Å². The summed E-state index contributed by atoms with van der Waals surface area (Å²) in [5.74, 6) is 1.69. The summed E-state index contributed by atoms with van der Waals surface area (Å²) in [5.41, 5.74) is 2.99. The van der Waals surface area contributed by atoms with Crippen LogP contribution in [0.2, 0.25) is 0 Å². The summed E-state index contributed by atoms with van der Waals surface area (Å²) < 4.78 is 37.8. The second kappa shape index (κ2) is 12.3. The number of nitrogens with one attached hydrogen (secondary N) is 1. The van der Waals surface area contributed by atoms with E-state index in [9.17, 15) is 18.5 Å². The zero-order chi connectivity index (χ0) is 25.3. The van der Waals surface area contributed by atoms with Crippen molar-refractivity contribution in [1.82, 2.24) is 4.31 Å². The molecular formula is C23H32N4O6S. The van der Waals surface area contributed by atoms with Gasteiger partial charge in [-0.25, -0.2) is 8.42 Å². The largest absolute Gasteiger partial charge is 0.493 e. The van der Waals surface area contributed by atoms with E-state index in [4.69, 9.17) is 9.47 Å². The standard InChI is InChI=1S/C23H32N4O6S/c1-6-26(7-2)34(30,31)19-9-10-20(21(15-19)27(28)29)25-24-16-18-8-11-22(23(14-18)32-5)33-13-12-17(3)4/h8-11,14-17,25H,6-7,12-13H2,1-5H3/b24-16-. The van der Waals surface area contributed by atoms with E-state index in [1.54, 1.807) is 39.2 Å². The lowest BCUT2D eigenvalue weighted by molar-refractivity contribution is -0.384. The Labute approximate surface area is 200 Å². The molecule has 0 bridgehead atoms. The van der Waals surface area contributed by atoms with Gasteiger partial charge in [-0.15, -0.1) is 0 Å². The monoisotopic (exact) mass is 492 g/mol. The van der Waals surface area contributed by atoms with E-state index >= 15 is 0 Å². The Balaban J connectivity index is 2.21. The summed E-state index contributed by atoms with van der Waals surface area (Å²) in [5, 5.41) is 15.6. The number of sulfonamides is 1. The summed E-state index contributed by atoms with van der Waals surface area (Å²) in [7, 11) is -2.28. The summed E-state index contributed by atoms with van der Waals surface area (Å²) in [6.45, 7) is 8.76. The van der Waals surface area contributed by atoms with Gasteiger partial charge in [0.15, 0.2) is 11.5 Å². The molecular weight excluding hydrogens is 460 g/mol. The number of anilines is 1. The van der Waals surface area contributed by atoms with Crippen molar-refractivity contribution in [3.8, 4) is 11.5 Å². The minimum Gasteiger partial charge on any atom is -0.493 e. The van der Waals surface area contributed by atoms with Gasteiger partial charge < -0.3 is 9.47 Å². The first kappa shape index (κ1) is 27.1. The second-order valence-corrected chi connectivity index (χ2v) is 9.77. The third-order valence-corrected chi connectivity index (χ3v) is 7.09. The van der Waals surface area contributed by atoms with E-state index in [1.807, 2.05) is 0 Å². The number of methoxy groups -OCH3 is 1. The lowest BCUT2D eigenvalue weighted by Crippen LogP contribution is -2.30. The molecule has 11 heteroatoms. The highest BCUT2D eigenvalue weighted by molar-refractivity contribution is 7.89. The third-order valence-electron chi connectivity index (χ3n) is 5.05. The van der Waals surface area contributed by atoms with Crippen LogP contribution in [-0.2, 0) is 10.0 Å². The Hall–Kier alpha value is -3.18. The minimum atomic E-state index is -3.82. The van der Waals surface area contributed by atoms with Crippen LogP contribution in [0.15, 0.2) is 46.4 Å². The Morgan fingerprint density at radius 1 is 1.15 bits per heavy atom. The average Bonchev–Trinajstić information content (AvgIpc) is 2.80. The molecule has 2 aromatic rings. The van der Waals surface area contributed by atoms with Gasteiger partial charge in [0.1, 0.15) is 5.69 Å². The van der Waals surface area contributed by atoms with E-state index in [1.165, 1.54) is 22.7 Å². The Morgan fingerprint density at radius 2 is 1.85 bits per heavy atom. The van der Waals surface area contributed by atoms with E-state index in [0.29, 0.717) is 29.6 Å². The minimum absolute atomic E-state index is 0.0698. The number of benzene rings is 2. The number of hydrogen-bond donors (Lipinski definition) is 1. The van der Waals surface area contributed by atoms with Gasteiger partial charge in [0, 0.05) is 19.2 Å². The van der Waals surface area contributed by atoms with Gasteiger partial charge >= 0.3 is 0 Å². The molecule has 0 atom stereocenters. The number of nitro groups is 1. The zero-order valence-corrected chi connectivity index (χ0v) is 21.0. The fraction of sp³-hybridized carbons (Fsp3) is 0.435. The van der Waals surface area contributed by atoms with Gasteiger partial charge in [-0.3, -0.25) is 15.5 Å². The third kappa shape index (κ3) is 6.91. The molecule has 1 N–H and O–H groups in total. The van der Waals surface area contributed by atoms with Crippen molar-refractivity contribution in [2.45, 2.75) is 39.0 Å². The van der Waals surface area contributed by atoms with Gasteiger partial charge in [-0.1, -0.05) is 27.7 Å². The molecule has 0 aliphatic heterocycles. The molecule has 0 aliphatic rings. The van der Waals surface area contributed by atoms with Crippen molar-refractivity contribution in [2.75, 3.05) is 32.2 Å². The highest BCUT2D eigenvalue weighted by Gasteiger charge is 2.25. The number of hydrazone groups is 1. The van der Waals surface area contributed by atoms with Crippen molar-refractivity contribution in [2.24, 2.45) is 11.0 Å². The predicted molar refractivity (Wildman–Crippen MR) is 132 cm³/mol. The van der Waals surface area contributed by atoms with E-state index in [-0.39, 0.29) is 23.7 Å². The highest BCUT2D eigenvalue weighted by atomic mass is 32.2. The molecule has 2 aromatic carbocycles. The average molecular weight is 493 g/mol. The fourth-order valence-corrected chi connectivity index (χ4v) is 4.57. The molecule has 0 aliphatic carbocycles. The van der Waals surface area contributed by atoms with Gasteiger partial charge in [-0.05, 0) is 48.2 Å². The predicted octanol–water partition coefficient (Wildman–Crippen LogP) is 4.50. The zero-order valence-electron chi connectivity index (χ0n) is 20.1. The molecule has 186 valence electrons. The Bertz CT molecular complexity index is 1110. The molecule has 10 nitrogen and oxygen atoms in total. The molecule has 0 radical (unpaired) electrons. The SMILES string of the molecule is CCN(CC)S(=O)(=O)c1ccc(N/N=C\c2ccc(OCCC(C)C)c(OC)c2)c([N+](=O)[O-])c1. The first-order chi connectivity index (χ1) is 16.1. The van der Waals surface area contributed by atoms with Crippen molar-refractivity contribution in [3.63, 3.8) is 0 Å². The number of ether oxygens (including phenoxy) is 2. The normalized spacial score (nSPS) is 11.9. The molecule has 0 saturated heterocycles. The van der Waals surface area contributed by atoms with Crippen molar-refractivity contribution in [1.29, 1.82) is 0 Å². The lowest BCUT2D eigenvalue weighted by Gasteiger charge is -2.18. The quantitative estimate of drug-likeness (QED) is 0.248. The van der Waals surface area contributed by atoms with Crippen LogP contribution in [0.3, 0.4) is 0 Å². The summed E-state index contributed by atoms with van der Waals surface area (Å²) >= 11 is 0. The van der Waals surface area contributed by atoms with Crippen LogP contribution in [0, 0.1) is 16.0 Å². The van der Waals surface area contributed by atoms with Crippen molar-refractivity contribution >= 4 is 27.6 Å². The van der Waals surface area contributed by atoms with E-state index < -0.39 is 20.6 Å². The maximum Gasteiger partial charge on any atom is 0.295 e. The number of hydrogen-bond acceptors (Lipinski definition) is 8. The second-order valence-electron chi connectivity index (χ2n) is 7.84. The van der Waals surface area contributed by atoms with Crippen LogP contribution in [0.5, 0.6) is 11.5 Å². The maximum atomic E-state index is 12.7. The molecule has 0 heterocycles. The molecule has 0 saturated carbocycles. The molecule has 0 spiro atoms. The van der Waals surface area contributed by atoms with Crippen LogP contribution in [0.25, 0.3) is 0 Å². The maximum absolute atomic E-state index is 12.7. The molecule has 0 amide bonds. The Morgan fingerprint density at radius 3 is 2.44 bits per heavy atom. The Kier molecular flexibility index (Phi) is 9.82. The molecule has 34 heavy (non-hydrogen) atoms. The molecule has 0 unspecified atom stereocenters. The smallest absolute Gasteiger partial charge is 0.295 e. The number of nitro benzene ring substituents is 1. The van der Waals surface area contributed by atoms with Crippen molar-refractivity contribution in [3.05, 3.63) is 52.1 Å². The number of rotatable bonds is 13. The van der Waals surface area contributed by atoms with Crippen LogP contribution in [0.1, 0.15) is 39.7 Å². The van der Waals surface area contributed by atoms with Crippen LogP contribution >= 0.6 is 0 Å². The van der Waals surface area contributed by atoms with Gasteiger partial charge in [0.25, 0.3) is 5.69 Å². The van der Waals surface area contributed by atoms with Crippen LogP contribution in [-0.4, -0.2) is 50.7 Å². The van der Waals surface area contributed by atoms with Gasteiger partial charge in [-0.2, -0.15) is 9.41 Å². The number of nitrogens with zero attached hydrogens (tertiary/aromatic N) is 3. The summed E-state index contributed by atoms with van der Waals surface area (Å²) in [6.07, 6.45) is 2.40. The first-order valence-electron chi connectivity index (χ1n) is 11.0. The lowest BCUT2D eigenvalue weighted by atomic mass is 10.1. The molecule has 0 aromatic heterocycles.